The van der Waals surface area contributed by atoms with Crippen LogP contribution >= 0.6 is 0 Å². The number of hydrogen-bond acceptors (Lipinski definition) is 3. The van der Waals surface area contributed by atoms with E-state index < -0.39 is 0 Å². The van der Waals surface area contributed by atoms with Crippen molar-refractivity contribution < 1.29 is 5.11 Å². The van der Waals surface area contributed by atoms with Crippen LogP contribution in [0.4, 0.5) is 0 Å². The molecule has 4 nitrogen and oxygen atoms in total. The van der Waals surface area contributed by atoms with Gasteiger partial charge < -0.3 is 5.11 Å². The van der Waals surface area contributed by atoms with E-state index in [9.17, 15) is 5.11 Å². The topological polar surface area (TPSA) is 50.9 Å². The van der Waals surface area contributed by atoms with Gasteiger partial charge in [-0.2, -0.15) is 0 Å². The normalized spacial score (nSPS) is 11.5. The molecule has 0 aliphatic carbocycles. The number of phenolic OH excluding ortho intramolecular Hbond substituents is 1. The largest absolute Gasteiger partial charge is 0.507 e. The highest BCUT2D eigenvalue weighted by molar-refractivity contribution is 5.99. The SMILES string of the molecule is CC(C)(C)c1cc(-c2ccccc2)c(-n2c(-c3ccccc3O)nc3c(-c4cc(-c5ccccc5)cc(-c5cc(-c6ccc(-c7ccccc7)cc6)ccn5)c4)cccc32)cc1-c1ccccc1. The van der Waals surface area contributed by atoms with Gasteiger partial charge >= 0.3 is 0 Å². The Hall–Kier alpha value is -8.60. The van der Waals surface area contributed by atoms with E-state index >= 15 is 0 Å². The summed E-state index contributed by atoms with van der Waals surface area (Å²) in [6, 6.07) is 80.7. The van der Waals surface area contributed by atoms with Crippen LogP contribution in [0.15, 0.2) is 237 Å². The number of hydrogen-bond donors (Lipinski definition) is 1. The highest BCUT2D eigenvalue weighted by atomic mass is 16.3. The molecule has 0 radical (unpaired) electrons. The van der Waals surface area contributed by atoms with Gasteiger partial charge in [-0.3, -0.25) is 9.55 Å². The van der Waals surface area contributed by atoms with E-state index in [1.54, 1.807) is 6.07 Å². The van der Waals surface area contributed by atoms with E-state index in [0.29, 0.717) is 11.4 Å². The van der Waals surface area contributed by atoms with Crippen molar-refractivity contribution in [2.45, 2.75) is 26.2 Å². The maximum Gasteiger partial charge on any atom is 0.149 e. The zero-order valence-electron chi connectivity index (χ0n) is 38.3. The van der Waals surface area contributed by atoms with E-state index in [2.05, 4.69) is 226 Å². The van der Waals surface area contributed by atoms with Crippen molar-refractivity contribution in [1.82, 2.24) is 14.5 Å². The Balaban J connectivity index is 1.14. The molecule has 0 saturated carbocycles. The molecule has 0 aliphatic heterocycles. The van der Waals surface area contributed by atoms with Crippen LogP contribution < -0.4 is 0 Å². The van der Waals surface area contributed by atoms with E-state index in [1.165, 1.54) is 16.7 Å². The zero-order chi connectivity index (χ0) is 46.2. The average Bonchev–Trinajstić information content (AvgIpc) is 3.78. The summed E-state index contributed by atoms with van der Waals surface area (Å²) in [4.78, 5) is 10.6. The van der Waals surface area contributed by atoms with Gasteiger partial charge in [0.2, 0.25) is 0 Å². The van der Waals surface area contributed by atoms with Gasteiger partial charge in [0.05, 0.1) is 28.0 Å². The number of aromatic nitrogens is 3. The Bertz CT molecular complexity index is 3570. The second kappa shape index (κ2) is 17.7. The molecule has 0 saturated heterocycles. The van der Waals surface area contributed by atoms with Gasteiger partial charge in [0.25, 0.3) is 0 Å². The van der Waals surface area contributed by atoms with Crippen LogP contribution in [0.5, 0.6) is 5.75 Å². The van der Waals surface area contributed by atoms with Crippen LogP contribution in [0, 0.1) is 0 Å². The van der Waals surface area contributed by atoms with Gasteiger partial charge in [-0.05, 0) is 127 Å². The summed E-state index contributed by atoms with van der Waals surface area (Å²) in [5, 5.41) is 11.7. The van der Waals surface area contributed by atoms with Gasteiger partial charge in [-0.15, -0.1) is 0 Å². The molecule has 4 heteroatoms. The summed E-state index contributed by atoms with van der Waals surface area (Å²) < 4.78 is 2.26. The molecule has 11 rings (SSSR count). The van der Waals surface area contributed by atoms with Gasteiger partial charge in [0.1, 0.15) is 11.6 Å². The Morgan fingerprint density at radius 1 is 0.382 bits per heavy atom. The van der Waals surface area contributed by atoms with Crippen LogP contribution in [0.3, 0.4) is 0 Å². The Morgan fingerprint density at radius 2 is 0.897 bits per heavy atom. The highest BCUT2D eigenvalue weighted by Gasteiger charge is 2.27. The minimum absolute atomic E-state index is 0.162. The van der Waals surface area contributed by atoms with Crippen LogP contribution in [0.25, 0.3) is 106 Å². The molecule has 0 aliphatic rings. The molecule has 0 fully saturated rings. The van der Waals surface area contributed by atoms with E-state index in [4.69, 9.17) is 9.97 Å². The number of aromatic hydroxyl groups is 1. The third-order valence-electron chi connectivity index (χ3n) is 12.9. The summed E-state index contributed by atoms with van der Waals surface area (Å²) in [6.45, 7) is 6.84. The second-order valence-electron chi connectivity index (χ2n) is 18.4. The third kappa shape index (κ3) is 8.07. The predicted octanol–water partition coefficient (Wildman–Crippen LogP) is 16.8. The van der Waals surface area contributed by atoms with Gasteiger partial charge in [0.15, 0.2) is 0 Å². The molecule has 9 aromatic carbocycles. The van der Waals surface area contributed by atoms with Gasteiger partial charge in [-0.1, -0.05) is 191 Å². The van der Waals surface area contributed by atoms with Crippen molar-refractivity contribution in [2.24, 2.45) is 0 Å². The molecule has 11 aromatic rings. The van der Waals surface area contributed by atoms with Crippen molar-refractivity contribution in [1.29, 1.82) is 0 Å². The minimum atomic E-state index is -0.166. The van der Waals surface area contributed by atoms with Crippen molar-refractivity contribution >= 4 is 11.0 Å². The second-order valence-corrected chi connectivity index (χ2v) is 18.4. The number of pyridine rings is 1. The molecule has 0 amide bonds. The lowest BCUT2D eigenvalue weighted by molar-refractivity contribution is 0.477. The number of imidazole rings is 1. The summed E-state index contributed by atoms with van der Waals surface area (Å²) in [5.74, 6) is 0.813. The molecule has 2 aromatic heterocycles. The smallest absolute Gasteiger partial charge is 0.149 e. The molecule has 0 atom stereocenters. The first-order chi connectivity index (χ1) is 33.3. The quantitative estimate of drug-likeness (QED) is 0.157. The summed E-state index contributed by atoms with van der Waals surface area (Å²) in [5.41, 5.74) is 19.5. The minimum Gasteiger partial charge on any atom is -0.507 e. The lowest BCUT2D eigenvalue weighted by Gasteiger charge is -2.27. The molecule has 326 valence electrons. The number of benzene rings is 9. The lowest BCUT2D eigenvalue weighted by atomic mass is 9.79. The van der Waals surface area contributed by atoms with Crippen LogP contribution in [-0.2, 0) is 5.41 Å². The molecule has 0 spiro atoms. The van der Waals surface area contributed by atoms with Crippen molar-refractivity contribution in [3.05, 3.63) is 242 Å². The van der Waals surface area contributed by atoms with Crippen molar-refractivity contribution in [3.63, 3.8) is 0 Å². The fraction of sp³-hybridized carbons (Fsp3) is 0.0625. The fourth-order valence-electron chi connectivity index (χ4n) is 9.50. The molecule has 2 heterocycles. The first-order valence-electron chi connectivity index (χ1n) is 23.2. The summed E-state index contributed by atoms with van der Waals surface area (Å²) >= 11 is 0. The van der Waals surface area contributed by atoms with Gasteiger partial charge in [0, 0.05) is 22.9 Å². The van der Waals surface area contributed by atoms with Crippen LogP contribution in [0.2, 0.25) is 0 Å². The first-order valence-corrected chi connectivity index (χ1v) is 23.2. The van der Waals surface area contributed by atoms with Gasteiger partial charge in [-0.25, -0.2) is 4.98 Å². The molecular weight excluding hydrogens is 827 g/mol. The molecule has 0 unspecified atom stereocenters. The molecular formula is C64H49N3O. The number of fused-ring (bicyclic) bond motifs is 1. The number of phenols is 1. The van der Waals surface area contributed by atoms with E-state index in [1.807, 2.05) is 30.5 Å². The lowest BCUT2D eigenvalue weighted by Crippen LogP contribution is -2.14. The number of para-hydroxylation sites is 2. The number of nitrogens with zero attached hydrogens (tertiary/aromatic N) is 3. The molecule has 0 bridgehead atoms. The zero-order valence-corrected chi connectivity index (χ0v) is 38.3. The Kier molecular flexibility index (Phi) is 10.9. The Labute approximate surface area is 398 Å². The maximum absolute atomic E-state index is 11.7. The van der Waals surface area contributed by atoms with Crippen molar-refractivity contribution in [3.8, 4) is 101 Å². The maximum atomic E-state index is 11.7. The predicted molar refractivity (Wildman–Crippen MR) is 283 cm³/mol. The van der Waals surface area contributed by atoms with Crippen LogP contribution in [-0.4, -0.2) is 19.6 Å². The standard InChI is InChI=1S/C64H49N3O/c1-64(2,3)57-41-56(48-25-14-7-15-26-48)60(42-55(57)47-23-12-6-13-24-47)67-59-29-18-28-53(62(59)66-63(67)54-27-16-17-30-61(54)68)51-37-50(44-21-10-5-11-22-44)38-52(39-51)58-40-49(35-36-65-58)46-33-31-45(32-34-46)43-19-8-4-9-20-43/h4-42,68H,1-3H3. The summed E-state index contributed by atoms with van der Waals surface area (Å²) in [6.07, 6.45) is 1.91. The van der Waals surface area contributed by atoms with Crippen LogP contribution in [0.1, 0.15) is 26.3 Å². The van der Waals surface area contributed by atoms with E-state index in [-0.39, 0.29) is 11.2 Å². The summed E-state index contributed by atoms with van der Waals surface area (Å²) in [7, 11) is 0. The fourth-order valence-corrected chi connectivity index (χ4v) is 9.50. The number of rotatable bonds is 9. The third-order valence-corrected chi connectivity index (χ3v) is 12.9. The highest BCUT2D eigenvalue weighted by Crippen LogP contribution is 2.45. The molecule has 1 N–H and O–H groups in total. The Morgan fingerprint density at radius 3 is 1.53 bits per heavy atom. The van der Waals surface area contributed by atoms with Crippen molar-refractivity contribution in [2.75, 3.05) is 0 Å². The average molecular weight is 876 g/mol. The molecule has 68 heavy (non-hydrogen) atoms. The van der Waals surface area contributed by atoms with E-state index in [0.717, 1.165) is 83.6 Å². The monoisotopic (exact) mass is 875 g/mol. The first kappa shape index (κ1) is 42.1.